The fourth-order valence-electron chi connectivity index (χ4n) is 2.79. The van der Waals surface area contributed by atoms with Crippen LogP contribution in [0.2, 0.25) is 0 Å². The van der Waals surface area contributed by atoms with Crippen molar-refractivity contribution in [2.45, 2.75) is 12.3 Å². The number of benzene rings is 1. The van der Waals surface area contributed by atoms with Crippen LogP contribution in [0, 0.1) is 0 Å². The molecule has 2 heterocycles. The van der Waals surface area contributed by atoms with E-state index >= 15 is 0 Å². The van der Waals surface area contributed by atoms with Gasteiger partial charge in [0.1, 0.15) is 11.5 Å². The second kappa shape index (κ2) is 6.28. The van der Waals surface area contributed by atoms with Crippen molar-refractivity contribution < 1.29 is 9.59 Å². The molecule has 1 aromatic carbocycles. The van der Waals surface area contributed by atoms with Crippen LogP contribution in [0.3, 0.4) is 0 Å². The van der Waals surface area contributed by atoms with Gasteiger partial charge in [0.2, 0.25) is 5.91 Å². The zero-order valence-corrected chi connectivity index (χ0v) is 13.3. The highest BCUT2D eigenvalue weighted by Gasteiger charge is 2.34. The SMILES string of the molecule is CN1C2=C(NC[C@@H]1CNc1ccc(C(N)=O)cc1)NC(N)NC2=O. The summed E-state index contributed by atoms with van der Waals surface area (Å²) in [6.45, 7) is 1.28. The number of nitrogens with two attached hydrogens (primary N) is 2. The third-order valence-corrected chi connectivity index (χ3v) is 4.16. The Morgan fingerprint density at radius 2 is 2.04 bits per heavy atom. The van der Waals surface area contributed by atoms with E-state index in [0.717, 1.165) is 5.69 Å². The first-order valence-corrected chi connectivity index (χ1v) is 7.63. The minimum Gasteiger partial charge on any atom is -0.383 e. The molecule has 9 heteroatoms. The van der Waals surface area contributed by atoms with Gasteiger partial charge in [0.15, 0.2) is 6.29 Å². The molecule has 2 amide bonds. The number of nitrogens with zero attached hydrogens (tertiary/aromatic N) is 1. The predicted molar refractivity (Wildman–Crippen MR) is 89.3 cm³/mol. The molecule has 0 aromatic heterocycles. The molecular formula is C15H21N7O2. The Hall–Kier alpha value is -2.94. The van der Waals surface area contributed by atoms with Gasteiger partial charge in [-0.2, -0.15) is 0 Å². The molecule has 2 aliphatic heterocycles. The fraction of sp³-hybridized carbons (Fsp3) is 0.333. The molecule has 0 fully saturated rings. The summed E-state index contributed by atoms with van der Waals surface area (Å²) in [4.78, 5) is 25.1. The van der Waals surface area contributed by atoms with E-state index in [1.54, 1.807) is 24.3 Å². The Bertz CT molecular complexity index is 686. The van der Waals surface area contributed by atoms with Crippen molar-refractivity contribution in [3.63, 3.8) is 0 Å². The molecule has 8 N–H and O–H groups in total. The van der Waals surface area contributed by atoms with E-state index in [1.165, 1.54) is 0 Å². The second-order valence-corrected chi connectivity index (χ2v) is 5.79. The molecule has 1 unspecified atom stereocenters. The van der Waals surface area contributed by atoms with Gasteiger partial charge in [0, 0.05) is 31.4 Å². The molecule has 0 saturated heterocycles. The maximum Gasteiger partial charge on any atom is 0.273 e. The van der Waals surface area contributed by atoms with E-state index < -0.39 is 12.2 Å². The zero-order chi connectivity index (χ0) is 17.3. The van der Waals surface area contributed by atoms with Crippen molar-refractivity contribution >= 4 is 17.5 Å². The summed E-state index contributed by atoms with van der Waals surface area (Å²) >= 11 is 0. The van der Waals surface area contributed by atoms with Crippen molar-refractivity contribution in [2.75, 3.05) is 25.5 Å². The molecule has 0 spiro atoms. The number of anilines is 1. The van der Waals surface area contributed by atoms with Crippen LogP contribution in [0.25, 0.3) is 0 Å². The van der Waals surface area contributed by atoms with Crippen molar-refractivity contribution in [3.8, 4) is 0 Å². The molecule has 0 aliphatic carbocycles. The van der Waals surface area contributed by atoms with Crippen LogP contribution in [0.4, 0.5) is 5.69 Å². The highest BCUT2D eigenvalue weighted by molar-refractivity contribution is 5.94. The molecule has 2 atom stereocenters. The van der Waals surface area contributed by atoms with E-state index in [0.29, 0.717) is 30.2 Å². The van der Waals surface area contributed by atoms with Crippen LogP contribution in [0.1, 0.15) is 10.4 Å². The first-order chi connectivity index (χ1) is 11.5. The van der Waals surface area contributed by atoms with Gasteiger partial charge < -0.3 is 31.9 Å². The average molecular weight is 331 g/mol. The third-order valence-electron chi connectivity index (χ3n) is 4.16. The first kappa shape index (κ1) is 15.9. The molecule has 2 aliphatic rings. The van der Waals surface area contributed by atoms with Gasteiger partial charge >= 0.3 is 0 Å². The van der Waals surface area contributed by atoms with Gasteiger partial charge in [-0.1, -0.05) is 0 Å². The number of amides is 2. The first-order valence-electron chi connectivity index (χ1n) is 7.63. The van der Waals surface area contributed by atoms with Crippen LogP contribution >= 0.6 is 0 Å². The largest absolute Gasteiger partial charge is 0.383 e. The number of nitrogens with one attached hydrogen (secondary N) is 4. The fourth-order valence-corrected chi connectivity index (χ4v) is 2.79. The number of hydrogen-bond acceptors (Lipinski definition) is 7. The van der Waals surface area contributed by atoms with Crippen LogP contribution in [0.15, 0.2) is 35.8 Å². The van der Waals surface area contributed by atoms with Gasteiger partial charge in [0.25, 0.3) is 5.91 Å². The van der Waals surface area contributed by atoms with Crippen LogP contribution < -0.4 is 32.7 Å². The smallest absolute Gasteiger partial charge is 0.273 e. The van der Waals surface area contributed by atoms with E-state index in [2.05, 4.69) is 21.3 Å². The lowest BCUT2D eigenvalue weighted by molar-refractivity contribution is -0.121. The van der Waals surface area contributed by atoms with E-state index in [4.69, 9.17) is 11.5 Å². The lowest BCUT2D eigenvalue weighted by atomic mass is 10.1. The summed E-state index contributed by atoms with van der Waals surface area (Å²) in [6.07, 6.45) is -0.587. The lowest BCUT2D eigenvalue weighted by Crippen LogP contribution is -2.64. The molecule has 0 saturated carbocycles. The Labute approximate surface area is 139 Å². The van der Waals surface area contributed by atoms with Crippen molar-refractivity contribution in [3.05, 3.63) is 41.3 Å². The lowest BCUT2D eigenvalue weighted by Gasteiger charge is -2.41. The zero-order valence-electron chi connectivity index (χ0n) is 13.3. The molecule has 128 valence electrons. The topological polar surface area (TPSA) is 138 Å². The third kappa shape index (κ3) is 3.06. The van der Waals surface area contributed by atoms with Gasteiger partial charge in [0.05, 0.1) is 6.04 Å². The minimum atomic E-state index is -0.587. The molecule has 0 bridgehead atoms. The summed E-state index contributed by atoms with van der Waals surface area (Å²) < 4.78 is 0. The van der Waals surface area contributed by atoms with Crippen molar-refractivity contribution in [2.24, 2.45) is 11.5 Å². The number of hydrogen-bond donors (Lipinski definition) is 6. The van der Waals surface area contributed by atoms with Crippen molar-refractivity contribution in [1.29, 1.82) is 0 Å². The highest BCUT2D eigenvalue weighted by Crippen LogP contribution is 2.18. The van der Waals surface area contributed by atoms with Gasteiger partial charge in [-0.15, -0.1) is 0 Å². The summed E-state index contributed by atoms with van der Waals surface area (Å²) in [5.41, 5.74) is 12.8. The molecule has 0 radical (unpaired) electrons. The molecule has 24 heavy (non-hydrogen) atoms. The number of likely N-dealkylation sites (N-methyl/N-ethyl adjacent to an activating group) is 1. The number of primary amides is 1. The van der Waals surface area contributed by atoms with Crippen molar-refractivity contribution in [1.82, 2.24) is 20.9 Å². The minimum absolute atomic E-state index is 0.0708. The number of carbonyl (C=O) groups excluding carboxylic acids is 2. The summed E-state index contributed by atoms with van der Waals surface area (Å²) in [5, 5.41) is 12.1. The molecule has 1 aromatic rings. The Balaban J connectivity index is 1.64. The maximum absolute atomic E-state index is 12.1. The van der Waals surface area contributed by atoms with Gasteiger partial charge in [-0.3, -0.25) is 15.3 Å². The summed E-state index contributed by atoms with van der Waals surface area (Å²) in [7, 11) is 1.87. The molecule has 3 rings (SSSR count). The summed E-state index contributed by atoms with van der Waals surface area (Å²) in [6, 6.07) is 7.02. The Kier molecular flexibility index (Phi) is 4.17. The average Bonchev–Trinajstić information content (AvgIpc) is 2.54. The van der Waals surface area contributed by atoms with Crippen LogP contribution in [-0.4, -0.2) is 49.2 Å². The van der Waals surface area contributed by atoms with Crippen LogP contribution in [0.5, 0.6) is 0 Å². The van der Waals surface area contributed by atoms with Gasteiger partial charge in [-0.25, -0.2) is 0 Å². The number of carbonyl (C=O) groups is 2. The van der Waals surface area contributed by atoms with Gasteiger partial charge in [-0.05, 0) is 24.3 Å². The molecule has 9 nitrogen and oxygen atoms in total. The Morgan fingerprint density at radius 1 is 1.33 bits per heavy atom. The summed E-state index contributed by atoms with van der Waals surface area (Å²) in [5.74, 6) is -0.0104. The quantitative estimate of drug-likeness (QED) is 0.384. The van der Waals surface area contributed by atoms with E-state index in [-0.39, 0.29) is 11.9 Å². The predicted octanol–water partition coefficient (Wildman–Crippen LogP) is -1.77. The highest BCUT2D eigenvalue weighted by atomic mass is 16.2. The van der Waals surface area contributed by atoms with E-state index in [9.17, 15) is 9.59 Å². The maximum atomic E-state index is 12.1. The standard InChI is InChI=1S/C15H21N7O2/c1-22-10(6-18-9-4-2-8(3-5-9)12(16)23)7-19-13-11(22)14(24)21-15(17)20-13/h2-5,10,15,18-20H,6-7,17H2,1H3,(H2,16,23)(H,21,24)/t10-,15?/m0/s1. The second-order valence-electron chi connectivity index (χ2n) is 5.79. The normalized spacial score (nSPS) is 22.9. The number of rotatable bonds is 4. The molecular weight excluding hydrogens is 310 g/mol. The Morgan fingerprint density at radius 3 is 2.71 bits per heavy atom. The van der Waals surface area contributed by atoms with Crippen LogP contribution in [-0.2, 0) is 4.79 Å². The van der Waals surface area contributed by atoms with E-state index in [1.807, 2.05) is 11.9 Å². The monoisotopic (exact) mass is 331 g/mol.